The minimum atomic E-state index is -0.589. The first-order valence-electron chi connectivity index (χ1n) is 4.88. The number of halogens is 1. The predicted molar refractivity (Wildman–Crippen MR) is 70.0 cm³/mol. The molecule has 0 aliphatic carbocycles. The van der Waals surface area contributed by atoms with Gasteiger partial charge in [-0.1, -0.05) is 6.07 Å². The Kier molecular flexibility index (Phi) is 3.33. The Labute approximate surface area is 106 Å². The quantitative estimate of drug-likeness (QED) is 0.483. The summed E-state index contributed by atoms with van der Waals surface area (Å²) in [6.07, 6.45) is 2.33. The van der Waals surface area contributed by atoms with Crippen LogP contribution in [0, 0.1) is 5.82 Å². The van der Waals surface area contributed by atoms with Crippen molar-refractivity contribution >= 4 is 34.5 Å². The van der Waals surface area contributed by atoms with Crippen molar-refractivity contribution in [2.45, 2.75) is 0 Å². The minimum absolute atomic E-state index is 0.0255. The third-order valence-corrected chi connectivity index (χ3v) is 2.25. The van der Waals surface area contributed by atoms with E-state index in [0.717, 1.165) is 6.26 Å². The molecule has 92 valence electrons. The highest BCUT2D eigenvalue weighted by atomic mass is 32.1. The smallest absolute Gasteiger partial charge is 0.201 e. The van der Waals surface area contributed by atoms with Gasteiger partial charge in [-0.2, -0.15) is 5.10 Å². The molecule has 2 aromatic rings. The van der Waals surface area contributed by atoms with Crippen LogP contribution in [0.15, 0.2) is 38.8 Å². The lowest BCUT2D eigenvalue weighted by atomic mass is 10.2. The molecule has 0 unspecified atom stereocenters. The third kappa shape index (κ3) is 2.35. The molecule has 0 saturated carbocycles. The number of hydrazone groups is 1. The first-order chi connectivity index (χ1) is 8.59. The fourth-order valence-corrected chi connectivity index (χ4v) is 1.45. The first-order valence-corrected chi connectivity index (χ1v) is 5.29. The molecule has 0 spiro atoms. The molecule has 18 heavy (non-hydrogen) atoms. The Hall–Kier alpha value is -2.28. The van der Waals surface area contributed by atoms with E-state index in [1.165, 1.54) is 24.4 Å². The number of hydrogen-bond donors (Lipinski definition) is 2. The van der Waals surface area contributed by atoms with Crippen molar-refractivity contribution in [3.05, 3.63) is 46.1 Å². The highest BCUT2D eigenvalue weighted by molar-refractivity contribution is 7.80. The molecule has 2 rings (SSSR count). The van der Waals surface area contributed by atoms with Gasteiger partial charge in [-0.25, -0.2) is 4.39 Å². The maximum atomic E-state index is 13.3. The zero-order chi connectivity index (χ0) is 13.1. The SMILES string of the molecule is NC(=S)N/N=C\c1coc2c(F)cccc2c1=O. The van der Waals surface area contributed by atoms with Crippen molar-refractivity contribution in [2.24, 2.45) is 10.8 Å². The number of fused-ring (bicyclic) bond motifs is 1. The fraction of sp³-hybridized carbons (Fsp3) is 0. The van der Waals surface area contributed by atoms with Crippen LogP contribution < -0.4 is 16.6 Å². The van der Waals surface area contributed by atoms with Gasteiger partial charge in [0.25, 0.3) is 0 Å². The third-order valence-electron chi connectivity index (χ3n) is 2.16. The first kappa shape index (κ1) is 12.2. The van der Waals surface area contributed by atoms with E-state index in [9.17, 15) is 9.18 Å². The topological polar surface area (TPSA) is 80.6 Å². The summed E-state index contributed by atoms with van der Waals surface area (Å²) in [4.78, 5) is 11.9. The van der Waals surface area contributed by atoms with Crippen LogP contribution in [0.1, 0.15) is 5.56 Å². The number of hydrogen-bond acceptors (Lipinski definition) is 4. The van der Waals surface area contributed by atoms with Gasteiger partial charge in [-0.3, -0.25) is 10.2 Å². The lowest BCUT2D eigenvalue weighted by Gasteiger charge is -1.99. The van der Waals surface area contributed by atoms with Gasteiger partial charge in [-0.15, -0.1) is 0 Å². The minimum Gasteiger partial charge on any atom is -0.460 e. The number of para-hydroxylation sites is 1. The molecule has 0 radical (unpaired) electrons. The van der Waals surface area contributed by atoms with E-state index in [2.05, 4.69) is 22.7 Å². The van der Waals surface area contributed by atoms with Crippen LogP contribution in [-0.4, -0.2) is 11.3 Å². The Morgan fingerprint density at radius 2 is 2.33 bits per heavy atom. The Morgan fingerprint density at radius 3 is 3.06 bits per heavy atom. The second-order valence-corrected chi connectivity index (χ2v) is 3.81. The van der Waals surface area contributed by atoms with Crippen LogP contribution in [0.2, 0.25) is 0 Å². The largest absolute Gasteiger partial charge is 0.460 e. The van der Waals surface area contributed by atoms with Gasteiger partial charge >= 0.3 is 0 Å². The van der Waals surface area contributed by atoms with Crippen LogP contribution >= 0.6 is 12.2 Å². The van der Waals surface area contributed by atoms with Crippen molar-refractivity contribution in [2.75, 3.05) is 0 Å². The second-order valence-electron chi connectivity index (χ2n) is 3.37. The van der Waals surface area contributed by atoms with Gasteiger partial charge in [0.05, 0.1) is 17.2 Å². The van der Waals surface area contributed by atoms with E-state index < -0.39 is 5.82 Å². The lowest BCUT2D eigenvalue weighted by Crippen LogP contribution is -2.24. The zero-order valence-corrected chi connectivity index (χ0v) is 9.83. The van der Waals surface area contributed by atoms with Gasteiger partial charge in [0.2, 0.25) is 5.43 Å². The van der Waals surface area contributed by atoms with Gasteiger partial charge in [0.15, 0.2) is 16.5 Å². The van der Waals surface area contributed by atoms with Crippen LogP contribution in [0.5, 0.6) is 0 Å². The van der Waals surface area contributed by atoms with E-state index in [0.29, 0.717) is 0 Å². The molecule has 1 aromatic carbocycles. The summed E-state index contributed by atoms with van der Waals surface area (Å²) >= 11 is 4.54. The molecule has 0 saturated heterocycles. The summed E-state index contributed by atoms with van der Waals surface area (Å²) in [5.74, 6) is -0.589. The van der Waals surface area contributed by atoms with E-state index in [1.807, 2.05) is 0 Å². The maximum absolute atomic E-state index is 13.3. The summed E-state index contributed by atoms with van der Waals surface area (Å²) in [7, 11) is 0. The molecule has 0 atom stereocenters. The molecule has 0 bridgehead atoms. The molecule has 1 aromatic heterocycles. The summed E-state index contributed by atoms with van der Waals surface area (Å²) in [6.45, 7) is 0. The summed E-state index contributed by atoms with van der Waals surface area (Å²) in [6, 6.07) is 4.12. The second kappa shape index (κ2) is 4.92. The fourth-order valence-electron chi connectivity index (χ4n) is 1.39. The molecular formula is C11H8FN3O2S. The predicted octanol–water partition coefficient (Wildman–Crippen LogP) is 1.10. The standard InChI is InChI=1S/C11H8FN3O2S/c12-8-3-1-2-7-9(16)6(5-17-10(7)8)4-14-15-11(13)18/h1-5H,(H3,13,15,18)/b14-4-. The number of nitrogens with zero attached hydrogens (tertiary/aromatic N) is 1. The van der Waals surface area contributed by atoms with Crippen LogP contribution in [0.4, 0.5) is 4.39 Å². The molecule has 5 nitrogen and oxygen atoms in total. The number of benzene rings is 1. The molecule has 1 heterocycles. The van der Waals surface area contributed by atoms with Crippen LogP contribution in [0.3, 0.4) is 0 Å². The zero-order valence-electron chi connectivity index (χ0n) is 9.01. The van der Waals surface area contributed by atoms with Crippen molar-refractivity contribution in [1.82, 2.24) is 5.43 Å². The molecule has 0 amide bonds. The van der Waals surface area contributed by atoms with E-state index in [1.54, 1.807) is 0 Å². The molecule has 0 fully saturated rings. The normalized spacial score (nSPS) is 10.9. The van der Waals surface area contributed by atoms with Crippen molar-refractivity contribution in [3.8, 4) is 0 Å². The Balaban J connectivity index is 2.49. The van der Waals surface area contributed by atoms with Gasteiger partial charge in [0.1, 0.15) is 6.26 Å². The highest BCUT2D eigenvalue weighted by Crippen LogP contribution is 2.14. The average molecular weight is 265 g/mol. The monoisotopic (exact) mass is 265 g/mol. The van der Waals surface area contributed by atoms with E-state index in [-0.39, 0.29) is 27.1 Å². The number of nitrogens with one attached hydrogen (secondary N) is 1. The Bertz CT molecular complexity index is 696. The van der Waals surface area contributed by atoms with Gasteiger partial charge in [0, 0.05) is 0 Å². The Morgan fingerprint density at radius 1 is 1.56 bits per heavy atom. The molecule has 0 aliphatic rings. The average Bonchev–Trinajstić information content (AvgIpc) is 2.32. The maximum Gasteiger partial charge on any atom is 0.201 e. The van der Waals surface area contributed by atoms with E-state index >= 15 is 0 Å². The number of rotatable bonds is 2. The van der Waals surface area contributed by atoms with Crippen LogP contribution in [-0.2, 0) is 0 Å². The summed E-state index contributed by atoms with van der Waals surface area (Å²) in [5, 5.41) is 3.76. The van der Waals surface area contributed by atoms with E-state index in [4.69, 9.17) is 10.2 Å². The molecular weight excluding hydrogens is 257 g/mol. The highest BCUT2D eigenvalue weighted by Gasteiger charge is 2.08. The van der Waals surface area contributed by atoms with Crippen molar-refractivity contribution < 1.29 is 8.81 Å². The summed E-state index contributed by atoms with van der Waals surface area (Å²) in [5.41, 5.74) is 7.16. The lowest BCUT2D eigenvalue weighted by molar-refractivity contribution is 0.550. The molecule has 7 heteroatoms. The van der Waals surface area contributed by atoms with Crippen LogP contribution in [0.25, 0.3) is 11.0 Å². The van der Waals surface area contributed by atoms with Crippen molar-refractivity contribution in [3.63, 3.8) is 0 Å². The van der Waals surface area contributed by atoms with Crippen molar-refractivity contribution in [1.29, 1.82) is 0 Å². The number of nitrogens with two attached hydrogens (primary N) is 1. The molecule has 0 aliphatic heterocycles. The van der Waals surface area contributed by atoms with Gasteiger partial charge in [-0.05, 0) is 24.4 Å². The number of thiocarbonyl (C=S) groups is 1. The van der Waals surface area contributed by atoms with Gasteiger partial charge < -0.3 is 10.2 Å². The molecule has 3 N–H and O–H groups in total. The summed E-state index contributed by atoms with van der Waals surface area (Å²) < 4.78 is 18.4.